The van der Waals surface area contributed by atoms with E-state index in [9.17, 15) is 13.2 Å². The van der Waals surface area contributed by atoms with Crippen molar-refractivity contribution in [3.8, 4) is 0 Å². The SMILES string of the molecule is FC(F)(F)c1cc(N2CC=CC3=C2CCN=C3)ccc1Cl. The molecule has 0 fully saturated rings. The minimum atomic E-state index is -4.45. The molecular formula is C15H12ClF3N2. The Hall–Kier alpha value is -1.75. The van der Waals surface area contributed by atoms with Crippen LogP contribution in [0.25, 0.3) is 0 Å². The Morgan fingerprint density at radius 2 is 2.05 bits per heavy atom. The van der Waals surface area contributed by atoms with E-state index < -0.39 is 11.7 Å². The second-order valence-corrected chi connectivity index (χ2v) is 5.27. The number of nitrogens with zero attached hydrogens (tertiary/aromatic N) is 2. The van der Waals surface area contributed by atoms with Crippen molar-refractivity contribution in [2.24, 2.45) is 4.99 Å². The van der Waals surface area contributed by atoms with Crippen LogP contribution in [0.2, 0.25) is 5.02 Å². The molecule has 21 heavy (non-hydrogen) atoms. The number of alkyl halides is 3. The van der Waals surface area contributed by atoms with Crippen LogP contribution in [0, 0.1) is 0 Å². The van der Waals surface area contributed by atoms with Gasteiger partial charge in [-0.25, -0.2) is 0 Å². The Morgan fingerprint density at radius 3 is 2.81 bits per heavy atom. The van der Waals surface area contributed by atoms with E-state index in [0.29, 0.717) is 18.8 Å². The molecule has 0 aromatic heterocycles. The molecule has 1 aromatic rings. The fourth-order valence-electron chi connectivity index (χ4n) is 2.54. The van der Waals surface area contributed by atoms with Crippen LogP contribution < -0.4 is 4.90 Å². The van der Waals surface area contributed by atoms with E-state index in [4.69, 9.17) is 11.6 Å². The number of rotatable bonds is 1. The van der Waals surface area contributed by atoms with E-state index in [0.717, 1.165) is 23.8 Å². The molecular weight excluding hydrogens is 301 g/mol. The summed E-state index contributed by atoms with van der Waals surface area (Å²) in [5.41, 5.74) is 1.65. The monoisotopic (exact) mass is 312 g/mol. The molecule has 2 aliphatic rings. The lowest BCUT2D eigenvalue weighted by atomic mass is 10.0. The van der Waals surface area contributed by atoms with Gasteiger partial charge in [0.2, 0.25) is 0 Å². The third kappa shape index (κ3) is 2.70. The number of aliphatic imine (C=N–C) groups is 1. The molecule has 1 aromatic carbocycles. The highest BCUT2D eigenvalue weighted by Crippen LogP contribution is 2.38. The van der Waals surface area contributed by atoms with Crippen LogP contribution in [0.1, 0.15) is 12.0 Å². The predicted molar refractivity (Wildman–Crippen MR) is 77.9 cm³/mol. The van der Waals surface area contributed by atoms with E-state index in [2.05, 4.69) is 4.99 Å². The maximum atomic E-state index is 13.0. The highest BCUT2D eigenvalue weighted by molar-refractivity contribution is 6.31. The van der Waals surface area contributed by atoms with Crippen LogP contribution >= 0.6 is 11.6 Å². The largest absolute Gasteiger partial charge is 0.417 e. The van der Waals surface area contributed by atoms with E-state index in [1.54, 1.807) is 12.3 Å². The molecule has 2 heterocycles. The van der Waals surface area contributed by atoms with Crippen LogP contribution in [0.4, 0.5) is 18.9 Å². The van der Waals surface area contributed by atoms with E-state index in [1.165, 1.54) is 6.07 Å². The minimum absolute atomic E-state index is 0.279. The van der Waals surface area contributed by atoms with Crippen molar-refractivity contribution in [2.45, 2.75) is 12.6 Å². The molecule has 0 saturated carbocycles. The van der Waals surface area contributed by atoms with Crippen molar-refractivity contribution in [3.63, 3.8) is 0 Å². The van der Waals surface area contributed by atoms with Crippen molar-refractivity contribution >= 4 is 23.5 Å². The van der Waals surface area contributed by atoms with Crippen molar-refractivity contribution in [3.05, 3.63) is 52.2 Å². The van der Waals surface area contributed by atoms with Crippen LogP contribution in [0.3, 0.4) is 0 Å². The third-order valence-electron chi connectivity index (χ3n) is 3.52. The maximum Gasteiger partial charge on any atom is 0.417 e. The van der Waals surface area contributed by atoms with Gasteiger partial charge < -0.3 is 4.90 Å². The van der Waals surface area contributed by atoms with Gasteiger partial charge in [0.05, 0.1) is 10.6 Å². The Bertz CT molecular complexity index is 655. The zero-order valence-electron chi connectivity index (χ0n) is 11.0. The summed E-state index contributed by atoms with van der Waals surface area (Å²) in [7, 11) is 0. The van der Waals surface area contributed by atoms with Crippen LogP contribution in [-0.2, 0) is 6.18 Å². The predicted octanol–water partition coefficient (Wildman–Crippen LogP) is 4.46. The Balaban J connectivity index is 2.03. The normalized spacial score (nSPS) is 18.2. The maximum absolute atomic E-state index is 13.0. The average Bonchev–Trinajstić information content (AvgIpc) is 2.46. The first-order valence-electron chi connectivity index (χ1n) is 6.50. The zero-order valence-corrected chi connectivity index (χ0v) is 11.7. The molecule has 3 rings (SSSR count). The molecule has 0 aliphatic carbocycles. The molecule has 0 saturated heterocycles. The minimum Gasteiger partial charge on any atom is -0.341 e. The van der Waals surface area contributed by atoms with Gasteiger partial charge in [-0.1, -0.05) is 23.8 Å². The van der Waals surface area contributed by atoms with Crippen molar-refractivity contribution < 1.29 is 13.2 Å². The number of hydrogen-bond acceptors (Lipinski definition) is 2. The lowest BCUT2D eigenvalue weighted by Gasteiger charge is -2.32. The van der Waals surface area contributed by atoms with Gasteiger partial charge in [-0.15, -0.1) is 0 Å². The Morgan fingerprint density at radius 1 is 1.24 bits per heavy atom. The van der Waals surface area contributed by atoms with Gasteiger partial charge in [-0.3, -0.25) is 4.99 Å². The smallest absolute Gasteiger partial charge is 0.341 e. The highest BCUT2D eigenvalue weighted by atomic mass is 35.5. The van der Waals surface area contributed by atoms with Gasteiger partial charge >= 0.3 is 6.18 Å². The van der Waals surface area contributed by atoms with Gasteiger partial charge in [-0.2, -0.15) is 13.2 Å². The summed E-state index contributed by atoms with van der Waals surface area (Å²) in [4.78, 5) is 6.08. The summed E-state index contributed by atoms with van der Waals surface area (Å²) in [5.74, 6) is 0. The molecule has 0 unspecified atom stereocenters. The standard InChI is InChI=1S/C15H12ClF3N2/c16-13-4-3-11(8-12(13)15(17,18)19)21-7-1-2-10-9-20-6-5-14(10)21/h1-4,8-9H,5-7H2. The van der Waals surface area contributed by atoms with Gasteiger partial charge in [0.1, 0.15) is 0 Å². The topological polar surface area (TPSA) is 15.6 Å². The molecule has 110 valence electrons. The summed E-state index contributed by atoms with van der Waals surface area (Å²) in [5, 5.41) is -0.279. The van der Waals surface area contributed by atoms with Crippen molar-refractivity contribution in [1.29, 1.82) is 0 Å². The first kappa shape index (κ1) is 14.2. The van der Waals surface area contributed by atoms with Crippen LogP contribution in [0.15, 0.2) is 46.6 Å². The molecule has 0 atom stereocenters. The fourth-order valence-corrected chi connectivity index (χ4v) is 2.76. The number of dihydropyridines is 1. The van der Waals surface area contributed by atoms with Crippen LogP contribution in [0.5, 0.6) is 0 Å². The molecule has 0 bridgehead atoms. The summed E-state index contributed by atoms with van der Waals surface area (Å²) in [6, 6.07) is 4.03. The molecule has 2 nitrogen and oxygen atoms in total. The van der Waals surface area contributed by atoms with Gasteiger partial charge in [0.15, 0.2) is 0 Å². The lowest BCUT2D eigenvalue weighted by molar-refractivity contribution is -0.137. The molecule has 0 spiro atoms. The molecule has 0 N–H and O–H groups in total. The summed E-state index contributed by atoms with van der Waals surface area (Å²) >= 11 is 5.67. The molecule has 2 aliphatic heterocycles. The highest BCUT2D eigenvalue weighted by Gasteiger charge is 2.34. The Kier molecular flexibility index (Phi) is 3.53. The summed E-state index contributed by atoms with van der Waals surface area (Å²) in [6.45, 7) is 1.20. The van der Waals surface area contributed by atoms with Crippen LogP contribution in [-0.4, -0.2) is 19.3 Å². The molecule has 0 amide bonds. The Labute approximate surface area is 125 Å². The first-order chi connectivity index (χ1) is 9.97. The number of hydrogen-bond donors (Lipinski definition) is 0. The lowest BCUT2D eigenvalue weighted by Crippen LogP contribution is -2.28. The molecule has 0 radical (unpaired) electrons. The molecule has 6 heteroatoms. The van der Waals surface area contributed by atoms with Gasteiger partial charge in [-0.05, 0) is 18.2 Å². The van der Waals surface area contributed by atoms with Crippen molar-refractivity contribution in [2.75, 3.05) is 18.0 Å². The number of allylic oxidation sites excluding steroid dienone is 2. The number of anilines is 1. The number of benzene rings is 1. The van der Waals surface area contributed by atoms with Gasteiger partial charge in [0, 0.05) is 42.7 Å². The second kappa shape index (κ2) is 5.22. The van der Waals surface area contributed by atoms with E-state index >= 15 is 0 Å². The van der Waals surface area contributed by atoms with E-state index in [-0.39, 0.29) is 5.02 Å². The van der Waals surface area contributed by atoms with Crippen molar-refractivity contribution in [1.82, 2.24) is 0 Å². The summed E-state index contributed by atoms with van der Waals surface area (Å²) < 4.78 is 38.9. The number of halogens is 4. The summed E-state index contributed by atoms with van der Waals surface area (Å²) in [6.07, 6.45) is 1.90. The van der Waals surface area contributed by atoms with E-state index in [1.807, 2.05) is 17.1 Å². The average molecular weight is 313 g/mol. The first-order valence-corrected chi connectivity index (χ1v) is 6.88. The second-order valence-electron chi connectivity index (χ2n) is 4.86. The zero-order chi connectivity index (χ0) is 15.0. The third-order valence-corrected chi connectivity index (χ3v) is 3.85. The van der Waals surface area contributed by atoms with Gasteiger partial charge in [0.25, 0.3) is 0 Å². The fraction of sp³-hybridized carbons (Fsp3) is 0.267. The quantitative estimate of drug-likeness (QED) is 0.747.